The first-order valence-corrected chi connectivity index (χ1v) is 6.71. The van der Waals surface area contributed by atoms with Crippen molar-refractivity contribution in [3.8, 4) is 0 Å². The number of nitrogens with one attached hydrogen (secondary N) is 2. The molecule has 110 valence electrons. The van der Waals surface area contributed by atoms with Gasteiger partial charge in [-0.15, -0.1) is 10.2 Å². The molecule has 20 heavy (non-hydrogen) atoms. The highest BCUT2D eigenvalue weighted by molar-refractivity contribution is 5.92. The second-order valence-corrected chi connectivity index (χ2v) is 5.48. The van der Waals surface area contributed by atoms with Gasteiger partial charge in [0.25, 0.3) is 5.91 Å². The van der Waals surface area contributed by atoms with E-state index in [9.17, 15) is 4.79 Å². The van der Waals surface area contributed by atoms with E-state index in [1.807, 2.05) is 6.92 Å². The molecule has 7 heteroatoms. The van der Waals surface area contributed by atoms with Crippen LogP contribution in [0.5, 0.6) is 0 Å². The van der Waals surface area contributed by atoms with E-state index in [-0.39, 0.29) is 29.2 Å². The minimum absolute atomic E-state index is 0.0716. The molecule has 0 saturated heterocycles. The quantitative estimate of drug-likeness (QED) is 0.541. The standard InChI is InChI=1S/C13H21N5O2/c1-4-20-10-7-9(13(10,2)3)15-12(19)8-5-6-11(16-14)18-17-8/h5-6,9-10H,4,7,14H2,1-3H3,(H,15,19)(H,16,18). The van der Waals surface area contributed by atoms with Gasteiger partial charge in [-0.25, -0.2) is 5.84 Å². The third-order valence-electron chi connectivity index (χ3n) is 3.90. The number of nitrogen functional groups attached to an aromatic ring is 1. The second kappa shape index (κ2) is 5.72. The summed E-state index contributed by atoms with van der Waals surface area (Å²) in [5, 5.41) is 10.6. The highest BCUT2D eigenvalue weighted by Gasteiger charge is 2.49. The molecule has 1 aliphatic carbocycles. The topological polar surface area (TPSA) is 102 Å². The molecule has 0 radical (unpaired) electrons. The van der Waals surface area contributed by atoms with Gasteiger partial charge in [-0.1, -0.05) is 13.8 Å². The Hall–Kier alpha value is -1.73. The normalized spacial score (nSPS) is 23.8. The number of amides is 1. The number of ether oxygens (including phenoxy) is 1. The summed E-state index contributed by atoms with van der Waals surface area (Å²) in [6, 6.07) is 3.28. The number of hydrogen-bond donors (Lipinski definition) is 3. The van der Waals surface area contributed by atoms with Crippen LogP contribution < -0.4 is 16.6 Å². The number of carbonyl (C=O) groups is 1. The van der Waals surface area contributed by atoms with Gasteiger partial charge in [-0.05, 0) is 25.5 Å². The van der Waals surface area contributed by atoms with E-state index in [0.717, 1.165) is 6.42 Å². The van der Waals surface area contributed by atoms with Crippen molar-refractivity contribution >= 4 is 11.7 Å². The van der Waals surface area contributed by atoms with Crippen molar-refractivity contribution in [2.24, 2.45) is 11.3 Å². The molecule has 1 heterocycles. The fourth-order valence-corrected chi connectivity index (χ4v) is 2.38. The Morgan fingerprint density at radius 1 is 1.50 bits per heavy atom. The van der Waals surface area contributed by atoms with Crippen molar-refractivity contribution in [2.75, 3.05) is 12.0 Å². The first-order valence-electron chi connectivity index (χ1n) is 6.71. The molecule has 0 aromatic carbocycles. The van der Waals surface area contributed by atoms with Crippen LogP contribution in [0.25, 0.3) is 0 Å². The summed E-state index contributed by atoms with van der Waals surface area (Å²) < 4.78 is 5.64. The lowest BCUT2D eigenvalue weighted by Crippen LogP contribution is -2.62. The SMILES string of the molecule is CCOC1CC(NC(=O)c2ccc(NN)nn2)C1(C)C. The second-order valence-electron chi connectivity index (χ2n) is 5.48. The lowest BCUT2D eigenvalue weighted by molar-refractivity contribution is -0.111. The number of carbonyl (C=O) groups excluding carboxylic acids is 1. The van der Waals surface area contributed by atoms with Crippen molar-refractivity contribution in [3.63, 3.8) is 0 Å². The minimum Gasteiger partial charge on any atom is -0.378 e. The number of rotatable bonds is 5. The van der Waals surface area contributed by atoms with Gasteiger partial charge >= 0.3 is 0 Å². The Labute approximate surface area is 118 Å². The first-order chi connectivity index (χ1) is 9.48. The predicted octanol–water partition coefficient (Wildman–Crippen LogP) is 0.696. The first kappa shape index (κ1) is 14.7. The van der Waals surface area contributed by atoms with Crippen molar-refractivity contribution < 1.29 is 9.53 Å². The summed E-state index contributed by atoms with van der Waals surface area (Å²) in [7, 11) is 0. The third-order valence-corrected chi connectivity index (χ3v) is 3.90. The van der Waals surface area contributed by atoms with Crippen LogP contribution in [-0.2, 0) is 4.74 Å². The predicted molar refractivity (Wildman–Crippen MR) is 74.9 cm³/mol. The largest absolute Gasteiger partial charge is 0.378 e. The van der Waals surface area contributed by atoms with E-state index in [2.05, 4.69) is 34.8 Å². The Morgan fingerprint density at radius 3 is 2.75 bits per heavy atom. The highest BCUT2D eigenvalue weighted by Crippen LogP contribution is 2.42. The molecule has 1 fully saturated rings. The van der Waals surface area contributed by atoms with E-state index in [1.165, 1.54) is 0 Å². The van der Waals surface area contributed by atoms with E-state index in [0.29, 0.717) is 12.4 Å². The zero-order valence-corrected chi connectivity index (χ0v) is 12.0. The van der Waals surface area contributed by atoms with E-state index in [4.69, 9.17) is 10.6 Å². The molecule has 4 N–H and O–H groups in total. The van der Waals surface area contributed by atoms with Gasteiger partial charge < -0.3 is 15.5 Å². The third kappa shape index (κ3) is 2.73. The van der Waals surface area contributed by atoms with Crippen LogP contribution in [0.1, 0.15) is 37.7 Å². The number of nitrogens with zero attached hydrogens (tertiary/aromatic N) is 2. The lowest BCUT2D eigenvalue weighted by atomic mass is 9.64. The smallest absolute Gasteiger partial charge is 0.272 e. The molecule has 1 aromatic rings. The summed E-state index contributed by atoms with van der Waals surface area (Å²) in [6.45, 7) is 6.85. The molecule has 2 rings (SSSR count). The van der Waals surface area contributed by atoms with Crippen LogP contribution in [0, 0.1) is 5.41 Å². The van der Waals surface area contributed by atoms with E-state index >= 15 is 0 Å². The molecule has 1 aliphatic rings. The van der Waals surface area contributed by atoms with Gasteiger partial charge in [0.2, 0.25) is 0 Å². The average Bonchev–Trinajstić information content (AvgIpc) is 2.46. The van der Waals surface area contributed by atoms with Crippen molar-refractivity contribution in [1.29, 1.82) is 0 Å². The summed E-state index contributed by atoms with van der Waals surface area (Å²) >= 11 is 0. The van der Waals surface area contributed by atoms with Crippen molar-refractivity contribution in [3.05, 3.63) is 17.8 Å². The van der Waals surface area contributed by atoms with Crippen LogP contribution in [0.2, 0.25) is 0 Å². The number of aromatic nitrogens is 2. The van der Waals surface area contributed by atoms with Gasteiger partial charge in [0, 0.05) is 18.1 Å². The Balaban J connectivity index is 1.95. The Bertz CT molecular complexity index is 474. The maximum atomic E-state index is 12.1. The zero-order valence-electron chi connectivity index (χ0n) is 12.0. The van der Waals surface area contributed by atoms with Crippen LogP contribution in [-0.4, -0.2) is 34.9 Å². The maximum Gasteiger partial charge on any atom is 0.272 e. The van der Waals surface area contributed by atoms with Gasteiger partial charge in [-0.3, -0.25) is 4.79 Å². The fraction of sp³-hybridized carbons (Fsp3) is 0.615. The van der Waals surface area contributed by atoms with Crippen LogP contribution in [0.15, 0.2) is 12.1 Å². The number of anilines is 1. The Kier molecular flexibility index (Phi) is 4.20. The highest BCUT2D eigenvalue weighted by atomic mass is 16.5. The van der Waals surface area contributed by atoms with Crippen LogP contribution in [0.4, 0.5) is 5.82 Å². The van der Waals surface area contributed by atoms with E-state index in [1.54, 1.807) is 12.1 Å². The van der Waals surface area contributed by atoms with Crippen LogP contribution >= 0.6 is 0 Å². The number of hydrogen-bond acceptors (Lipinski definition) is 6. The summed E-state index contributed by atoms with van der Waals surface area (Å²) in [5.74, 6) is 5.39. The molecule has 0 spiro atoms. The minimum atomic E-state index is -0.228. The van der Waals surface area contributed by atoms with Gasteiger partial charge in [-0.2, -0.15) is 0 Å². The maximum absolute atomic E-state index is 12.1. The molecule has 1 aromatic heterocycles. The number of hydrazine groups is 1. The van der Waals surface area contributed by atoms with E-state index < -0.39 is 0 Å². The van der Waals surface area contributed by atoms with Crippen molar-refractivity contribution in [1.82, 2.24) is 15.5 Å². The molecule has 7 nitrogen and oxygen atoms in total. The molecule has 0 bridgehead atoms. The molecule has 2 unspecified atom stereocenters. The Morgan fingerprint density at radius 2 is 2.25 bits per heavy atom. The summed E-state index contributed by atoms with van der Waals surface area (Å²) in [4.78, 5) is 12.1. The molecular formula is C13H21N5O2. The average molecular weight is 279 g/mol. The van der Waals surface area contributed by atoms with Crippen LogP contribution in [0.3, 0.4) is 0 Å². The fourth-order valence-electron chi connectivity index (χ4n) is 2.38. The number of nitrogens with two attached hydrogens (primary N) is 1. The molecule has 2 atom stereocenters. The lowest BCUT2D eigenvalue weighted by Gasteiger charge is -2.51. The summed E-state index contributed by atoms with van der Waals surface area (Å²) in [5.41, 5.74) is 2.57. The molecular weight excluding hydrogens is 258 g/mol. The van der Waals surface area contributed by atoms with Gasteiger partial charge in [0.05, 0.1) is 6.10 Å². The zero-order chi connectivity index (χ0) is 14.8. The molecule has 1 amide bonds. The van der Waals surface area contributed by atoms with Gasteiger partial charge in [0.1, 0.15) is 0 Å². The molecule has 1 saturated carbocycles. The summed E-state index contributed by atoms with van der Waals surface area (Å²) in [6.07, 6.45) is 1.01. The monoisotopic (exact) mass is 279 g/mol. The molecule has 0 aliphatic heterocycles. The van der Waals surface area contributed by atoms with Crippen molar-refractivity contribution in [2.45, 2.75) is 39.3 Å². The van der Waals surface area contributed by atoms with Gasteiger partial charge in [0.15, 0.2) is 11.5 Å².